The summed E-state index contributed by atoms with van der Waals surface area (Å²) in [6.07, 6.45) is 2.28. The summed E-state index contributed by atoms with van der Waals surface area (Å²) < 4.78 is 26.3. The van der Waals surface area contributed by atoms with Crippen LogP contribution in [0.2, 0.25) is 5.02 Å². The predicted molar refractivity (Wildman–Crippen MR) is 87.3 cm³/mol. The predicted octanol–water partition coefficient (Wildman–Crippen LogP) is 3.22. The third-order valence-corrected chi connectivity index (χ3v) is 4.82. The molecule has 21 heavy (non-hydrogen) atoms. The molecule has 0 unspecified atom stereocenters. The first kappa shape index (κ1) is 18.2. The fourth-order valence-electron chi connectivity index (χ4n) is 1.87. The molecule has 0 saturated heterocycles. The molecule has 0 aliphatic rings. The van der Waals surface area contributed by atoms with E-state index in [-0.39, 0.29) is 10.3 Å². The number of pyridine rings is 1. The van der Waals surface area contributed by atoms with Crippen LogP contribution in [0.4, 0.5) is 5.82 Å². The van der Waals surface area contributed by atoms with Gasteiger partial charge in [0.2, 0.25) is 10.0 Å². The molecule has 0 aliphatic heterocycles. The van der Waals surface area contributed by atoms with Crippen LogP contribution in [0.3, 0.4) is 0 Å². The molecule has 0 fully saturated rings. The summed E-state index contributed by atoms with van der Waals surface area (Å²) in [5.74, 6) is 0.510. The minimum absolute atomic E-state index is 0.112. The topological polar surface area (TPSA) is 62.3 Å². The highest BCUT2D eigenvalue weighted by Crippen LogP contribution is 2.25. The van der Waals surface area contributed by atoms with E-state index < -0.39 is 10.0 Å². The van der Waals surface area contributed by atoms with Crippen LogP contribution in [0.1, 0.15) is 34.1 Å². The van der Waals surface area contributed by atoms with E-state index in [1.807, 2.05) is 27.7 Å². The van der Waals surface area contributed by atoms with Gasteiger partial charge in [0, 0.05) is 26.3 Å². The van der Waals surface area contributed by atoms with Gasteiger partial charge < -0.3 is 5.32 Å². The van der Waals surface area contributed by atoms with Crippen LogP contribution in [-0.4, -0.2) is 37.8 Å². The maximum atomic E-state index is 12.5. The number of nitrogens with zero attached hydrogens (tertiary/aromatic N) is 2. The third kappa shape index (κ3) is 5.13. The molecule has 7 heteroatoms. The molecule has 1 rings (SSSR count). The van der Waals surface area contributed by atoms with Crippen molar-refractivity contribution in [2.45, 2.75) is 39.0 Å². The molecule has 1 heterocycles. The van der Waals surface area contributed by atoms with Crippen molar-refractivity contribution in [3.05, 3.63) is 17.3 Å². The smallest absolute Gasteiger partial charge is 0.244 e. The summed E-state index contributed by atoms with van der Waals surface area (Å²) in [7, 11) is -2.01. The lowest BCUT2D eigenvalue weighted by atomic mass is 9.97. The van der Waals surface area contributed by atoms with Crippen LogP contribution in [0.15, 0.2) is 17.2 Å². The minimum Gasteiger partial charge on any atom is -0.369 e. The van der Waals surface area contributed by atoms with E-state index in [1.54, 1.807) is 7.05 Å². The Balaban J connectivity index is 3.01. The number of nitrogens with one attached hydrogen (secondary N) is 1. The Bertz CT molecular complexity index is 582. The highest BCUT2D eigenvalue weighted by molar-refractivity contribution is 7.89. The van der Waals surface area contributed by atoms with Crippen molar-refractivity contribution in [3.63, 3.8) is 0 Å². The van der Waals surface area contributed by atoms with Crippen molar-refractivity contribution >= 4 is 27.4 Å². The number of sulfonamides is 1. The molecular weight excluding hydrogens is 310 g/mol. The van der Waals surface area contributed by atoms with Crippen molar-refractivity contribution in [1.29, 1.82) is 0 Å². The summed E-state index contributed by atoms with van der Waals surface area (Å²) in [6, 6.07) is 1.45. The third-order valence-electron chi connectivity index (χ3n) is 2.76. The van der Waals surface area contributed by atoms with Gasteiger partial charge >= 0.3 is 0 Å². The van der Waals surface area contributed by atoms with Crippen molar-refractivity contribution in [2.24, 2.45) is 5.41 Å². The maximum Gasteiger partial charge on any atom is 0.244 e. The molecule has 0 spiro atoms. The zero-order valence-electron chi connectivity index (χ0n) is 13.3. The lowest BCUT2D eigenvalue weighted by Gasteiger charge is -2.26. The van der Waals surface area contributed by atoms with Gasteiger partial charge in [0.05, 0.1) is 5.02 Å². The van der Waals surface area contributed by atoms with Crippen LogP contribution >= 0.6 is 11.6 Å². The molecule has 1 aromatic rings. The molecule has 0 aliphatic carbocycles. The number of hydrogen-bond donors (Lipinski definition) is 1. The standard InChI is InChI=1S/C14H24ClN3O2S/c1-6-7-16-13-12(15)8-11(9-17-13)21(19,20)18(5)10-14(2,3)4/h8-9H,6-7,10H2,1-5H3,(H,16,17). The lowest BCUT2D eigenvalue weighted by Crippen LogP contribution is -2.34. The highest BCUT2D eigenvalue weighted by Gasteiger charge is 2.26. The van der Waals surface area contributed by atoms with Gasteiger partial charge in [-0.1, -0.05) is 39.3 Å². The first-order chi connectivity index (χ1) is 9.58. The van der Waals surface area contributed by atoms with Gasteiger partial charge in [-0.2, -0.15) is 0 Å². The zero-order valence-corrected chi connectivity index (χ0v) is 14.8. The molecule has 1 aromatic heterocycles. The maximum absolute atomic E-state index is 12.5. The highest BCUT2D eigenvalue weighted by atomic mass is 35.5. The molecule has 0 bridgehead atoms. The molecular formula is C14H24ClN3O2S. The second kappa shape index (κ2) is 6.94. The fraction of sp³-hybridized carbons (Fsp3) is 0.643. The second-order valence-electron chi connectivity index (χ2n) is 6.25. The summed E-state index contributed by atoms with van der Waals surface area (Å²) in [5.41, 5.74) is -0.123. The van der Waals surface area contributed by atoms with Crippen molar-refractivity contribution < 1.29 is 8.42 Å². The van der Waals surface area contributed by atoms with Crippen molar-refractivity contribution in [1.82, 2.24) is 9.29 Å². The Labute approximate surface area is 132 Å². The first-order valence-electron chi connectivity index (χ1n) is 6.93. The SMILES string of the molecule is CCCNc1ncc(S(=O)(=O)N(C)CC(C)(C)C)cc1Cl. The van der Waals surface area contributed by atoms with E-state index >= 15 is 0 Å². The Kier molecular flexibility index (Phi) is 6.01. The quantitative estimate of drug-likeness (QED) is 0.868. The zero-order chi connectivity index (χ0) is 16.3. The number of rotatable bonds is 6. The molecule has 0 amide bonds. The number of halogens is 1. The summed E-state index contributed by atoms with van der Waals surface area (Å²) in [6.45, 7) is 9.15. The van der Waals surface area contributed by atoms with E-state index in [0.29, 0.717) is 17.4 Å². The monoisotopic (exact) mass is 333 g/mol. The van der Waals surface area contributed by atoms with Crippen molar-refractivity contribution in [2.75, 3.05) is 25.5 Å². The molecule has 0 atom stereocenters. The van der Waals surface area contributed by atoms with Gasteiger partial charge in [0.25, 0.3) is 0 Å². The van der Waals surface area contributed by atoms with E-state index in [1.165, 1.54) is 16.6 Å². The van der Waals surface area contributed by atoms with Gasteiger partial charge in [-0.15, -0.1) is 0 Å². The average molecular weight is 334 g/mol. The normalized spacial score (nSPS) is 12.7. The largest absolute Gasteiger partial charge is 0.369 e. The second-order valence-corrected chi connectivity index (χ2v) is 8.70. The lowest BCUT2D eigenvalue weighted by molar-refractivity contribution is 0.310. The van der Waals surface area contributed by atoms with Crippen LogP contribution in [-0.2, 0) is 10.0 Å². The Morgan fingerprint density at radius 3 is 2.48 bits per heavy atom. The van der Waals surface area contributed by atoms with E-state index in [9.17, 15) is 8.42 Å². The molecule has 0 aromatic carbocycles. The molecule has 0 radical (unpaired) electrons. The molecule has 1 N–H and O–H groups in total. The van der Waals surface area contributed by atoms with Crippen LogP contribution in [0.25, 0.3) is 0 Å². The van der Waals surface area contributed by atoms with Gasteiger partial charge in [0.15, 0.2) is 0 Å². The van der Waals surface area contributed by atoms with Crippen LogP contribution in [0.5, 0.6) is 0 Å². The van der Waals surface area contributed by atoms with Gasteiger partial charge in [-0.05, 0) is 17.9 Å². The van der Waals surface area contributed by atoms with Gasteiger partial charge in [0.1, 0.15) is 10.7 Å². The number of anilines is 1. The minimum atomic E-state index is -3.57. The van der Waals surface area contributed by atoms with Gasteiger partial charge in [-0.3, -0.25) is 0 Å². The van der Waals surface area contributed by atoms with E-state index in [4.69, 9.17) is 11.6 Å². The molecule has 0 saturated carbocycles. The fourth-order valence-corrected chi connectivity index (χ4v) is 3.54. The van der Waals surface area contributed by atoms with Crippen LogP contribution < -0.4 is 5.32 Å². The summed E-state index contributed by atoms with van der Waals surface area (Å²) in [4.78, 5) is 4.22. The Morgan fingerprint density at radius 1 is 1.38 bits per heavy atom. The van der Waals surface area contributed by atoms with Gasteiger partial charge in [-0.25, -0.2) is 17.7 Å². The number of hydrogen-bond acceptors (Lipinski definition) is 4. The summed E-state index contributed by atoms with van der Waals surface area (Å²) >= 11 is 6.10. The Morgan fingerprint density at radius 2 is 2.00 bits per heavy atom. The molecule has 5 nitrogen and oxygen atoms in total. The summed E-state index contributed by atoms with van der Waals surface area (Å²) in [5, 5.41) is 3.37. The van der Waals surface area contributed by atoms with Crippen molar-refractivity contribution in [3.8, 4) is 0 Å². The Hall–Kier alpha value is -0.850. The van der Waals surface area contributed by atoms with E-state index in [0.717, 1.165) is 13.0 Å². The van der Waals surface area contributed by atoms with Crippen LogP contribution in [0, 0.1) is 5.41 Å². The first-order valence-corrected chi connectivity index (χ1v) is 8.75. The average Bonchev–Trinajstić information content (AvgIpc) is 2.35. The van der Waals surface area contributed by atoms with E-state index in [2.05, 4.69) is 10.3 Å². The molecule has 120 valence electrons. The number of aromatic nitrogens is 1.